The number of nitrogens with zero attached hydrogens (tertiary/aromatic N) is 1. The Kier molecular flexibility index (Phi) is 3.68. The molecule has 2 aromatic rings. The molecule has 21 heavy (non-hydrogen) atoms. The van der Waals surface area contributed by atoms with Gasteiger partial charge in [-0.1, -0.05) is 24.3 Å². The molecule has 1 aliphatic heterocycles. The van der Waals surface area contributed by atoms with Gasteiger partial charge in [0.25, 0.3) is 0 Å². The maximum atomic E-state index is 13.3. The molecule has 3 heteroatoms. The first-order valence-corrected chi connectivity index (χ1v) is 7.34. The van der Waals surface area contributed by atoms with Crippen LogP contribution in [0.15, 0.2) is 36.4 Å². The molecule has 0 radical (unpaired) electrons. The van der Waals surface area contributed by atoms with Crippen molar-refractivity contribution in [2.24, 2.45) is 0 Å². The molecule has 0 aromatic heterocycles. The van der Waals surface area contributed by atoms with Gasteiger partial charge in [-0.05, 0) is 54.2 Å². The van der Waals surface area contributed by atoms with Crippen molar-refractivity contribution in [3.05, 3.63) is 64.5 Å². The van der Waals surface area contributed by atoms with Gasteiger partial charge in [0.15, 0.2) is 0 Å². The van der Waals surface area contributed by atoms with Crippen LogP contribution in [0.25, 0.3) is 0 Å². The number of rotatable bonds is 2. The molecule has 0 aliphatic carbocycles. The Morgan fingerprint density at radius 2 is 1.86 bits per heavy atom. The Labute approximate surface area is 124 Å². The molecule has 1 aliphatic rings. The van der Waals surface area contributed by atoms with E-state index in [9.17, 15) is 9.50 Å². The highest BCUT2D eigenvalue weighted by atomic mass is 19.1. The lowest BCUT2D eigenvalue weighted by Gasteiger charge is -2.28. The summed E-state index contributed by atoms with van der Waals surface area (Å²) >= 11 is 0. The van der Waals surface area contributed by atoms with Crippen LogP contribution in [-0.2, 0) is 6.42 Å². The minimum Gasteiger partial charge on any atom is -0.384 e. The van der Waals surface area contributed by atoms with E-state index in [1.807, 2.05) is 6.07 Å². The first-order valence-electron chi connectivity index (χ1n) is 7.34. The summed E-state index contributed by atoms with van der Waals surface area (Å²) in [5, 5.41) is 10.5. The third-order valence-electron chi connectivity index (χ3n) is 4.27. The molecular weight excluding hydrogens is 265 g/mol. The minimum atomic E-state index is -0.707. The molecule has 1 N–H and O–H groups in total. The number of anilines is 1. The average Bonchev–Trinajstić information content (AvgIpc) is 2.49. The number of aliphatic hydroxyl groups excluding tert-OH is 1. The average molecular weight is 285 g/mol. The van der Waals surface area contributed by atoms with Gasteiger partial charge in [0.1, 0.15) is 11.9 Å². The molecule has 2 nitrogen and oxygen atoms in total. The highest BCUT2D eigenvalue weighted by Gasteiger charge is 2.17. The fraction of sp³-hybridized carbons (Fsp3) is 0.333. The molecular formula is C18H20FNO. The Hall–Kier alpha value is -1.87. The Morgan fingerprint density at radius 3 is 2.62 bits per heavy atom. The summed E-state index contributed by atoms with van der Waals surface area (Å²) in [5.41, 5.74) is 4.68. The summed E-state index contributed by atoms with van der Waals surface area (Å²) in [4.78, 5) is 2.25. The molecule has 3 rings (SSSR count). The SMILES string of the molecule is Cc1cc(C(O)c2ccc3c(c2)CCCN3C)ccc1F. The summed E-state index contributed by atoms with van der Waals surface area (Å²) < 4.78 is 13.3. The van der Waals surface area contributed by atoms with Crippen LogP contribution in [-0.4, -0.2) is 18.7 Å². The number of hydrogen-bond acceptors (Lipinski definition) is 2. The molecule has 1 unspecified atom stereocenters. The molecule has 0 spiro atoms. The zero-order chi connectivity index (χ0) is 15.0. The van der Waals surface area contributed by atoms with Gasteiger partial charge < -0.3 is 10.0 Å². The van der Waals surface area contributed by atoms with Crippen LogP contribution in [0.2, 0.25) is 0 Å². The lowest BCUT2D eigenvalue weighted by Crippen LogP contribution is -2.24. The number of aryl methyl sites for hydroxylation is 2. The fourth-order valence-electron chi connectivity index (χ4n) is 3.01. The largest absolute Gasteiger partial charge is 0.384 e. The van der Waals surface area contributed by atoms with E-state index in [-0.39, 0.29) is 5.82 Å². The number of hydrogen-bond donors (Lipinski definition) is 1. The van der Waals surface area contributed by atoms with Crippen molar-refractivity contribution in [3.8, 4) is 0 Å². The summed E-state index contributed by atoms with van der Waals surface area (Å²) in [5.74, 6) is -0.238. The van der Waals surface area contributed by atoms with Gasteiger partial charge in [-0.25, -0.2) is 4.39 Å². The predicted octanol–water partition coefficient (Wildman–Crippen LogP) is 3.60. The Bertz CT molecular complexity index is 668. The van der Waals surface area contributed by atoms with Crippen molar-refractivity contribution in [2.75, 3.05) is 18.5 Å². The van der Waals surface area contributed by atoms with E-state index in [1.54, 1.807) is 19.1 Å². The fourth-order valence-corrected chi connectivity index (χ4v) is 3.01. The van der Waals surface area contributed by atoms with E-state index in [4.69, 9.17) is 0 Å². The number of halogens is 1. The van der Waals surface area contributed by atoms with Gasteiger partial charge in [-0.2, -0.15) is 0 Å². The summed E-state index contributed by atoms with van der Waals surface area (Å²) in [6.45, 7) is 2.79. The zero-order valence-corrected chi connectivity index (χ0v) is 12.4. The van der Waals surface area contributed by atoms with Crippen molar-refractivity contribution in [1.29, 1.82) is 0 Å². The van der Waals surface area contributed by atoms with E-state index in [0.29, 0.717) is 5.56 Å². The van der Waals surface area contributed by atoms with Gasteiger partial charge >= 0.3 is 0 Å². The summed E-state index contributed by atoms with van der Waals surface area (Å²) in [7, 11) is 2.09. The topological polar surface area (TPSA) is 23.5 Å². The van der Waals surface area contributed by atoms with Crippen LogP contribution in [0.1, 0.15) is 34.8 Å². The van der Waals surface area contributed by atoms with Gasteiger partial charge in [0, 0.05) is 19.3 Å². The minimum absolute atomic E-state index is 0.238. The van der Waals surface area contributed by atoms with Gasteiger partial charge in [-0.3, -0.25) is 0 Å². The Balaban J connectivity index is 1.94. The quantitative estimate of drug-likeness (QED) is 0.911. The third-order valence-corrected chi connectivity index (χ3v) is 4.27. The van der Waals surface area contributed by atoms with E-state index in [2.05, 4.69) is 24.1 Å². The molecule has 0 saturated heterocycles. The first-order chi connectivity index (χ1) is 10.1. The smallest absolute Gasteiger partial charge is 0.126 e. The van der Waals surface area contributed by atoms with Crippen LogP contribution in [0.5, 0.6) is 0 Å². The maximum Gasteiger partial charge on any atom is 0.126 e. The molecule has 0 fully saturated rings. The zero-order valence-electron chi connectivity index (χ0n) is 12.4. The molecule has 0 bridgehead atoms. The number of benzene rings is 2. The van der Waals surface area contributed by atoms with Crippen molar-refractivity contribution < 1.29 is 9.50 Å². The lowest BCUT2D eigenvalue weighted by atomic mass is 9.94. The molecule has 2 aromatic carbocycles. The number of fused-ring (bicyclic) bond motifs is 1. The first kappa shape index (κ1) is 14.1. The van der Waals surface area contributed by atoms with Gasteiger partial charge in [0.2, 0.25) is 0 Å². The summed E-state index contributed by atoms with van der Waals surface area (Å²) in [6.07, 6.45) is 1.48. The summed E-state index contributed by atoms with van der Waals surface area (Å²) in [6, 6.07) is 10.9. The molecule has 1 heterocycles. The molecule has 0 saturated carbocycles. The molecule has 0 amide bonds. The second-order valence-corrected chi connectivity index (χ2v) is 5.82. The van der Waals surface area contributed by atoms with Crippen molar-refractivity contribution in [1.82, 2.24) is 0 Å². The van der Waals surface area contributed by atoms with Crippen LogP contribution < -0.4 is 4.90 Å². The monoisotopic (exact) mass is 285 g/mol. The van der Waals surface area contributed by atoms with E-state index >= 15 is 0 Å². The van der Waals surface area contributed by atoms with Crippen molar-refractivity contribution >= 4 is 5.69 Å². The highest BCUT2D eigenvalue weighted by molar-refractivity contribution is 5.57. The van der Waals surface area contributed by atoms with Crippen molar-refractivity contribution in [2.45, 2.75) is 25.9 Å². The van der Waals surface area contributed by atoms with Gasteiger partial charge in [-0.15, -0.1) is 0 Å². The van der Waals surface area contributed by atoms with Crippen LogP contribution >= 0.6 is 0 Å². The third kappa shape index (κ3) is 2.66. The second kappa shape index (κ2) is 5.49. The number of aliphatic hydroxyl groups is 1. The highest BCUT2D eigenvalue weighted by Crippen LogP contribution is 2.31. The van der Waals surface area contributed by atoms with E-state index in [1.165, 1.54) is 17.3 Å². The second-order valence-electron chi connectivity index (χ2n) is 5.82. The molecule has 1 atom stereocenters. The predicted molar refractivity (Wildman–Crippen MR) is 83.2 cm³/mol. The van der Waals surface area contributed by atoms with E-state index < -0.39 is 6.10 Å². The van der Waals surface area contributed by atoms with Crippen LogP contribution in [0.4, 0.5) is 10.1 Å². The van der Waals surface area contributed by atoms with Crippen LogP contribution in [0, 0.1) is 12.7 Å². The standard InChI is InChI=1S/C18H20FNO/c1-12-10-14(5-7-16(12)19)18(21)15-6-8-17-13(11-15)4-3-9-20(17)2/h5-8,10-11,18,21H,3-4,9H2,1-2H3. The normalized spacial score (nSPS) is 15.7. The Morgan fingerprint density at radius 1 is 1.14 bits per heavy atom. The molecule has 110 valence electrons. The lowest BCUT2D eigenvalue weighted by molar-refractivity contribution is 0.220. The van der Waals surface area contributed by atoms with Crippen LogP contribution in [0.3, 0.4) is 0 Å². The van der Waals surface area contributed by atoms with E-state index in [0.717, 1.165) is 30.5 Å². The van der Waals surface area contributed by atoms with Gasteiger partial charge in [0.05, 0.1) is 0 Å². The van der Waals surface area contributed by atoms with Crippen molar-refractivity contribution in [3.63, 3.8) is 0 Å². The maximum absolute atomic E-state index is 13.3.